The Kier molecular flexibility index (Phi) is 6.56. The molecule has 0 amide bonds. The van der Waals surface area contributed by atoms with Gasteiger partial charge in [0.1, 0.15) is 5.75 Å². The van der Waals surface area contributed by atoms with Gasteiger partial charge in [-0.3, -0.25) is 9.89 Å². The Labute approximate surface area is 151 Å². The number of hydrogen-bond acceptors (Lipinski definition) is 3. The van der Waals surface area contributed by atoms with Crippen molar-refractivity contribution in [2.24, 2.45) is 10.7 Å². The molecular formula is C20H32N4O. The van der Waals surface area contributed by atoms with Crippen molar-refractivity contribution in [3.05, 3.63) is 29.8 Å². The Morgan fingerprint density at radius 2 is 1.68 bits per heavy atom. The van der Waals surface area contributed by atoms with Gasteiger partial charge in [0.15, 0.2) is 5.96 Å². The Morgan fingerprint density at radius 3 is 2.36 bits per heavy atom. The van der Waals surface area contributed by atoms with Gasteiger partial charge in [0.2, 0.25) is 0 Å². The fourth-order valence-electron chi connectivity index (χ4n) is 3.99. The molecule has 0 radical (unpaired) electrons. The molecule has 2 aliphatic heterocycles. The first-order chi connectivity index (χ1) is 12.3. The van der Waals surface area contributed by atoms with Crippen molar-refractivity contribution in [3.8, 4) is 5.75 Å². The van der Waals surface area contributed by atoms with Crippen LogP contribution < -0.4 is 10.5 Å². The molecular weight excluding hydrogens is 312 g/mol. The lowest BCUT2D eigenvalue weighted by Crippen LogP contribution is -2.39. The monoisotopic (exact) mass is 344 g/mol. The van der Waals surface area contributed by atoms with Gasteiger partial charge in [-0.2, -0.15) is 0 Å². The van der Waals surface area contributed by atoms with E-state index in [-0.39, 0.29) is 6.04 Å². The predicted molar refractivity (Wildman–Crippen MR) is 103 cm³/mol. The average molecular weight is 345 g/mol. The maximum Gasteiger partial charge on any atom is 0.191 e. The third kappa shape index (κ3) is 4.66. The summed E-state index contributed by atoms with van der Waals surface area (Å²) < 4.78 is 5.61. The van der Waals surface area contributed by atoms with Gasteiger partial charge >= 0.3 is 0 Å². The van der Waals surface area contributed by atoms with E-state index in [1.807, 2.05) is 12.1 Å². The van der Waals surface area contributed by atoms with Gasteiger partial charge in [0.25, 0.3) is 0 Å². The molecule has 1 unspecified atom stereocenters. The number of nitrogens with two attached hydrogens (primary N) is 1. The lowest BCUT2D eigenvalue weighted by atomic mass is 10.0. The zero-order chi connectivity index (χ0) is 17.5. The van der Waals surface area contributed by atoms with Gasteiger partial charge in [-0.05, 0) is 44.8 Å². The highest BCUT2D eigenvalue weighted by molar-refractivity contribution is 5.78. The quantitative estimate of drug-likeness (QED) is 0.659. The van der Waals surface area contributed by atoms with Gasteiger partial charge in [-0.25, -0.2) is 0 Å². The van der Waals surface area contributed by atoms with E-state index in [2.05, 4.69) is 21.9 Å². The fraction of sp³-hybridized carbons (Fsp3) is 0.650. The summed E-state index contributed by atoms with van der Waals surface area (Å²) in [5.41, 5.74) is 7.56. The van der Waals surface area contributed by atoms with Crippen molar-refractivity contribution in [1.82, 2.24) is 9.80 Å². The van der Waals surface area contributed by atoms with Crippen LogP contribution in [0.5, 0.6) is 5.75 Å². The molecule has 138 valence electrons. The van der Waals surface area contributed by atoms with Crippen LogP contribution in [0.1, 0.15) is 50.1 Å². The second-order valence-electron chi connectivity index (χ2n) is 7.10. The van der Waals surface area contributed by atoms with Crippen molar-refractivity contribution in [3.63, 3.8) is 0 Å². The Morgan fingerprint density at radius 1 is 1.04 bits per heavy atom. The van der Waals surface area contributed by atoms with Gasteiger partial charge in [0, 0.05) is 18.7 Å². The highest BCUT2D eigenvalue weighted by Crippen LogP contribution is 2.31. The van der Waals surface area contributed by atoms with Crippen LogP contribution in [0.4, 0.5) is 0 Å². The Bertz CT molecular complexity index is 561. The first-order valence-corrected chi connectivity index (χ1v) is 9.71. The van der Waals surface area contributed by atoms with Crippen LogP contribution in [-0.2, 0) is 0 Å². The summed E-state index contributed by atoms with van der Waals surface area (Å²) in [5, 5.41) is 0. The summed E-state index contributed by atoms with van der Waals surface area (Å²) in [4.78, 5) is 9.59. The van der Waals surface area contributed by atoms with Crippen LogP contribution in [0.15, 0.2) is 29.3 Å². The molecule has 0 aromatic heterocycles. The number of nitrogens with zero attached hydrogens (tertiary/aromatic N) is 3. The molecule has 3 rings (SSSR count). The summed E-state index contributed by atoms with van der Waals surface area (Å²) in [7, 11) is 1.74. The van der Waals surface area contributed by atoms with Crippen LogP contribution >= 0.6 is 0 Å². The van der Waals surface area contributed by atoms with Crippen molar-refractivity contribution < 1.29 is 4.74 Å². The molecule has 0 aliphatic carbocycles. The third-order valence-corrected chi connectivity index (χ3v) is 5.44. The van der Waals surface area contributed by atoms with E-state index in [0.717, 1.165) is 31.9 Å². The van der Waals surface area contributed by atoms with E-state index in [1.165, 1.54) is 44.1 Å². The number of benzene rings is 1. The van der Waals surface area contributed by atoms with E-state index in [1.54, 1.807) is 7.11 Å². The zero-order valence-electron chi connectivity index (χ0n) is 15.5. The summed E-state index contributed by atoms with van der Waals surface area (Å²) >= 11 is 0. The molecule has 1 aromatic carbocycles. The third-order valence-electron chi connectivity index (χ3n) is 5.44. The minimum Gasteiger partial charge on any atom is -0.496 e. The molecule has 1 aromatic rings. The zero-order valence-corrected chi connectivity index (χ0v) is 15.5. The van der Waals surface area contributed by atoms with Gasteiger partial charge < -0.3 is 15.4 Å². The first kappa shape index (κ1) is 18.1. The summed E-state index contributed by atoms with van der Waals surface area (Å²) in [6.45, 7) is 5.03. The lowest BCUT2D eigenvalue weighted by molar-refractivity contribution is 0.245. The molecule has 5 heteroatoms. The number of aliphatic imine (C=N–C) groups is 1. The standard InChI is InChI=1S/C20H32N4O/c1-25-19-11-5-4-10-17(19)18(23-12-8-9-13-23)16-22-20(21)24-14-6-2-3-7-15-24/h4-5,10-11,18H,2-3,6-9,12-16H2,1H3,(H2,21,22). The topological polar surface area (TPSA) is 54.1 Å². The average Bonchev–Trinajstić information content (AvgIpc) is 3.03. The highest BCUT2D eigenvalue weighted by Gasteiger charge is 2.26. The maximum absolute atomic E-state index is 6.34. The van der Waals surface area contributed by atoms with Crippen LogP contribution in [0.2, 0.25) is 0 Å². The maximum atomic E-state index is 6.34. The van der Waals surface area contributed by atoms with Crippen molar-refractivity contribution in [1.29, 1.82) is 0 Å². The SMILES string of the molecule is COc1ccccc1C(CN=C(N)N1CCCCCC1)N1CCCC1. The molecule has 2 N–H and O–H groups in total. The number of para-hydroxylation sites is 1. The molecule has 0 spiro atoms. The van der Waals surface area contributed by atoms with Crippen LogP contribution in [0.25, 0.3) is 0 Å². The van der Waals surface area contributed by atoms with Crippen molar-refractivity contribution >= 4 is 5.96 Å². The molecule has 5 nitrogen and oxygen atoms in total. The largest absolute Gasteiger partial charge is 0.496 e. The fourth-order valence-corrected chi connectivity index (χ4v) is 3.99. The lowest BCUT2D eigenvalue weighted by Gasteiger charge is -2.29. The van der Waals surface area contributed by atoms with E-state index in [0.29, 0.717) is 12.5 Å². The highest BCUT2D eigenvalue weighted by atomic mass is 16.5. The number of ether oxygens (including phenoxy) is 1. The minimum atomic E-state index is 0.240. The smallest absolute Gasteiger partial charge is 0.191 e. The molecule has 2 fully saturated rings. The number of hydrogen-bond donors (Lipinski definition) is 1. The number of guanidine groups is 1. The molecule has 2 heterocycles. The summed E-state index contributed by atoms with van der Waals surface area (Å²) in [6.07, 6.45) is 7.58. The Balaban J connectivity index is 1.76. The van der Waals surface area contributed by atoms with Crippen molar-refractivity contribution in [2.75, 3.05) is 39.8 Å². The molecule has 0 saturated carbocycles. The number of methoxy groups -OCH3 is 1. The van der Waals surface area contributed by atoms with E-state index >= 15 is 0 Å². The predicted octanol–water partition coefficient (Wildman–Crippen LogP) is 3.02. The van der Waals surface area contributed by atoms with Gasteiger partial charge in [0.05, 0.1) is 19.7 Å². The normalized spacial score (nSPS) is 21.2. The molecule has 25 heavy (non-hydrogen) atoms. The van der Waals surface area contributed by atoms with Crippen LogP contribution in [0.3, 0.4) is 0 Å². The molecule has 0 bridgehead atoms. The van der Waals surface area contributed by atoms with E-state index in [4.69, 9.17) is 15.5 Å². The molecule has 2 saturated heterocycles. The van der Waals surface area contributed by atoms with Gasteiger partial charge in [-0.1, -0.05) is 31.0 Å². The van der Waals surface area contributed by atoms with Crippen LogP contribution in [0, 0.1) is 0 Å². The summed E-state index contributed by atoms with van der Waals surface area (Å²) in [5.74, 6) is 1.66. The number of rotatable bonds is 5. The molecule has 2 aliphatic rings. The number of likely N-dealkylation sites (tertiary alicyclic amines) is 2. The van der Waals surface area contributed by atoms with E-state index < -0.39 is 0 Å². The Hall–Kier alpha value is -1.75. The summed E-state index contributed by atoms with van der Waals surface area (Å²) in [6, 6.07) is 8.56. The second-order valence-corrected chi connectivity index (χ2v) is 7.10. The van der Waals surface area contributed by atoms with Crippen molar-refractivity contribution in [2.45, 2.75) is 44.6 Å². The minimum absolute atomic E-state index is 0.240. The van der Waals surface area contributed by atoms with Crippen LogP contribution in [-0.4, -0.2) is 55.6 Å². The van der Waals surface area contributed by atoms with E-state index in [9.17, 15) is 0 Å². The van der Waals surface area contributed by atoms with Gasteiger partial charge in [-0.15, -0.1) is 0 Å². The first-order valence-electron chi connectivity index (χ1n) is 9.71. The second kappa shape index (κ2) is 9.09. The molecule has 1 atom stereocenters.